The number of nitrogens with zero attached hydrogens (tertiary/aromatic N) is 2. The molecule has 0 saturated carbocycles. The van der Waals surface area contributed by atoms with E-state index in [-0.39, 0.29) is 23.4 Å². The van der Waals surface area contributed by atoms with Crippen molar-refractivity contribution in [3.63, 3.8) is 0 Å². The highest BCUT2D eigenvalue weighted by atomic mass is 32.2. The van der Waals surface area contributed by atoms with Crippen LogP contribution in [-0.4, -0.2) is 24.1 Å². The third kappa shape index (κ3) is 4.86. The Bertz CT molecular complexity index is 1200. The number of primary sulfonamides is 1. The number of carbonyl (C=O) groups is 1. The minimum absolute atomic E-state index is 0.0693. The van der Waals surface area contributed by atoms with Crippen molar-refractivity contribution in [3.8, 4) is 5.69 Å². The first-order valence-electron chi connectivity index (χ1n) is 8.58. The van der Waals surface area contributed by atoms with Crippen molar-refractivity contribution in [2.45, 2.75) is 24.2 Å². The lowest BCUT2D eigenvalue weighted by atomic mass is 10.1. The quantitative estimate of drug-likeness (QED) is 0.617. The van der Waals surface area contributed by atoms with Crippen LogP contribution in [0.3, 0.4) is 0 Å². The van der Waals surface area contributed by atoms with E-state index in [1.54, 1.807) is 6.07 Å². The molecular formula is C19H17F3N4O3S. The molecule has 0 aliphatic heterocycles. The van der Waals surface area contributed by atoms with Gasteiger partial charge in [0.25, 0.3) is 5.92 Å². The van der Waals surface area contributed by atoms with E-state index in [1.165, 1.54) is 30.3 Å². The van der Waals surface area contributed by atoms with Gasteiger partial charge in [-0.1, -0.05) is 18.2 Å². The predicted molar refractivity (Wildman–Crippen MR) is 103 cm³/mol. The van der Waals surface area contributed by atoms with Crippen molar-refractivity contribution in [1.29, 1.82) is 0 Å². The highest BCUT2D eigenvalue weighted by Gasteiger charge is 2.27. The van der Waals surface area contributed by atoms with Gasteiger partial charge in [0.1, 0.15) is 10.7 Å². The molecule has 0 fully saturated rings. The van der Waals surface area contributed by atoms with Gasteiger partial charge in [0.15, 0.2) is 0 Å². The van der Waals surface area contributed by atoms with Gasteiger partial charge in [-0.25, -0.2) is 31.4 Å². The fraction of sp³-hybridized carbons (Fsp3) is 0.158. The normalized spacial score (nSPS) is 12.0. The monoisotopic (exact) mass is 438 g/mol. The van der Waals surface area contributed by atoms with Crippen LogP contribution in [0.1, 0.15) is 18.1 Å². The molecular weight excluding hydrogens is 421 g/mol. The van der Waals surface area contributed by atoms with Gasteiger partial charge in [-0.05, 0) is 29.8 Å². The number of nitrogens with one attached hydrogen (secondary N) is 1. The number of amides is 1. The van der Waals surface area contributed by atoms with Crippen LogP contribution in [0.2, 0.25) is 0 Å². The summed E-state index contributed by atoms with van der Waals surface area (Å²) in [7, 11) is -4.29. The number of sulfonamides is 1. The Labute approximate surface area is 170 Å². The van der Waals surface area contributed by atoms with E-state index in [1.807, 2.05) is 0 Å². The summed E-state index contributed by atoms with van der Waals surface area (Å²) in [5.41, 5.74) is -0.231. The molecule has 0 saturated heterocycles. The summed E-state index contributed by atoms with van der Waals surface area (Å²) >= 11 is 0. The zero-order chi connectivity index (χ0) is 22.1. The van der Waals surface area contributed by atoms with Crippen LogP contribution in [0.5, 0.6) is 0 Å². The van der Waals surface area contributed by atoms with E-state index >= 15 is 0 Å². The van der Waals surface area contributed by atoms with Gasteiger partial charge in [-0.2, -0.15) is 5.10 Å². The van der Waals surface area contributed by atoms with Crippen LogP contribution >= 0.6 is 0 Å². The maximum Gasteiger partial charge on any atom is 0.273 e. The van der Waals surface area contributed by atoms with Crippen molar-refractivity contribution in [3.05, 3.63) is 71.8 Å². The molecule has 3 N–H and O–H groups in total. The molecule has 158 valence electrons. The molecule has 3 aromatic rings. The second-order valence-corrected chi connectivity index (χ2v) is 8.14. The van der Waals surface area contributed by atoms with Crippen LogP contribution in [-0.2, 0) is 27.2 Å². The highest BCUT2D eigenvalue weighted by molar-refractivity contribution is 7.89. The van der Waals surface area contributed by atoms with Gasteiger partial charge in [-0.3, -0.25) is 4.79 Å². The average Bonchev–Trinajstić information content (AvgIpc) is 3.13. The average molecular weight is 438 g/mol. The molecule has 1 amide bonds. The number of alkyl halides is 2. The third-order valence-electron chi connectivity index (χ3n) is 4.20. The second-order valence-electron chi connectivity index (χ2n) is 6.61. The Hall–Kier alpha value is -3.18. The lowest BCUT2D eigenvalue weighted by Gasteiger charge is -2.12. The lowest BCUT2D eigenvalue weighted by molar-refractivity contribution is -0.115. The maximum atomic E-state index is 13.7. The zero-order valence-electron chi connectivity index (χ0n) is 15.6. The summed E-state index contributed by atoms with van der Waals surface area (Å²) in [6.45, 7) is 0.684. The molecule has 1 aromatic heterocycles. The number of aromatic nitrogens is 2. The Morgan fingerprint density at radius 3 is 2.53 bits per heavy atom. The number of nitrogens with two attached hydrogens (primary N) is 1. The van der Waals surface area contributed by atoms with E-state index < -0.39 is 38.1 Å². The van der Waals surface area contributed by atoms with Crippen molar-refractivity contribution < 1.29 is 26.4 Å². The first-order valence-corrected chi connectivity index (χ1v) is 10.1. The smallest absolute Gasteiger partial charge is 0.273 e. The molecule has 0 spiro atoms. The van der Waals surface area contributed by atoms with Crippen LogP contribution < -0.4 is 10.5 Å². The molecule has 0 atom stereocenters. The fourth-order valence-corrected chi connectivity index (χ4v) is 3.45. The van der Waals surface area contributed by atoms with Gasteiger partial charge in [-0.15, -0.1) is 0 Å². The minimum Gasteiger partial charge on any atom is -0.326 e. The zero-order valence-corrected chi connectivity index (χ0v) is 16.5. The number of carbonyl (C=O) groups excluding carboxylic acids is 1. The molecule has 3 rings (SSSR count). The molecule has 0 aliphatic rings. The topological polar surface area (TPSA) is 107 Å². The minimum atomic E-state index is -4.29. The van der Waals surface area contributed by atoms with E-state index in [9.17, 15) is 26.4 Å². The number of hydrogen-bond acceptors (Lipinski definition) is 4. The van der Waals surface area contributed by atoms with Gasteiger partial charge in [0.05, 0.1) is 23.9 Å². The summed E-state index contributed by atoms with van der Waals surface area (Å²) < 4.78 is 65.6. The first-order chi connectivity index (χ1) is 13.9. The highest BCUT2D eigenvalue weighted by Crippen LogP contribution is 2.29. The molecule has 0 bridgehead atoms. The van der Waals surface area contributed by atoms with Crippen LogP contribution in [0.4, 0.5) is 18.9 Å². The van der Waals surface area contributed by atoms with Gasteiger partial charge in [0, 0.05) is 18.8 Å². The largest absolute Gasteiger partial charge is 0.326 e. The molecule has 0 radical (unpaired) electrons. The summed E-state index contributed by atoms with van der Waals surface area (Å²) in [6.07, 6.45) is 1.63. The van der Waals surface area contributed by atoms with Crippen LogP contribution in [0.15, 0.2) is 59.8 Å². The van der Waals surface area contributed by atoms with Crippen molar-refractivity contribution in [2.24, 2.45) is 5.14 Å². The summed E-state index contributed by atoms with van der Waals surface area (Å²) in [5.74, 6) is -4.30. The van der Waals surface area contributed by atoms with Crippen molar-refractivity contribution >= 4 is 21.6 Å². The van der Waals surface area contributed by atoms with Gasteiger partial charge < -0.3 is 5.32 Å². The van der Waals surface area contributed by atoms with Crippen LogP contribution in [0, 0.1) is 5.82 Å². The number of anilines is 1. The molecule has 0 unspecified atom stereocenters. The Kier molecular flexibility index (Phi) is 5.68. The fourth-order valence-electron chi connectivity index (χ4n) is 2.71. The Morgan fingerprint density at radius 2 is 1.93 bits per heavy atom. The lowest BCUT2D eigenvalue weighted by Crippen LogP contribution is -2.18. The molecule has 7 nitrogen and oxygen atoms in total. The third-order valence-corrected chi connectivity index (χ3v) is 5.14. The SMILES string of the molecule is CC(F)(F)c1cnn(-c2ccc(NC(=O)Cc3ccccc3F)cc2S(N)(=O)=O)c1. The number of benzene rings is 2. The maximum absolute atomic E-state index is 13.7. The molecule has 1 heterocycles. The van der Waals surface area contributed by atoms with Crippen LogP contribution in [0.25, 0.3) is 5.69 Å². The second kappa shape index (κ2) is 7.92. The number of hydrogen-bond donors (Lipinski definition) is 2. The van der Waals surface area contributed by atoms with E-state index in [0.29, 0.717) is 6.92 Å². The summed E-state index contributed by atoms with van der Waals surface area (Å²) in [4.78, 5) is 11.8. The van der Waals surface area contributed by atoms with Crippen molar-refractivity contribution in [1.82, 2.24) is 9.78 Å². The predicted octanol–water partition coefficient (Wildman–Crippen LogP) is 2.95. The molecule has 2 aromatic carbocycles. The van der Waals surface area contributed by atoms with E-state index in [0.717, 1.165) is 23.1 Å². The molecule has 30 heavy (non-hydrogen) atoms. The summed E-state index contributed by atoms with van der Waals surface area (Å²) in [6, 6.07) is 9.44. The summed E-state index contributed by atoms with van der Waals surface area (Å²) in [5, 5.41) is 11.5. The van der Waals surface area contributed by atoms with E-state index in [4.69, 9.17) is 5.14 Å². The van der Waals surface area contributed by atoms with Gasteiger partial charge >= 0.3 is 0 Å². The Balaban J connectivity index is 1.91. The number of halogens is 3. The first kappa shape index (κ1) is 21.5. The molecule has 11 heteroatoms. The standard InChI is InChI=1S/C19H17F3N4O3S/c1-19(21,22)13-10-24-26(11-13)16-7-6-14(9-17(16)30(23,28)29)25-18(27)8-12-4-2-3-5-15(12)20/h2-7,9-11H,8H2,1H3,(H,25,27)(H2,23,28,29). The van der Waals surface area contributed by atoms with E-state index in [2.05, 4.69) is 10.4 Å². The number of rotatable bonds is 6. The van der Waals surface area contributed by atoms with Gasteiger partial charge in [0.2, 0.25) is 15.9 Å². The van der Waals surface area contributed by atoms with Crippen molar-refractivity contribution in [2.75, 3.05) is 5.32 Å². The Morgan fingerprint density at radius 1 is 1.23 bits per heavy atom. The molecule has 0 aliphatic carbocycles.